The van der Waals surface area contributed by atoms with E-state index in [0.717, 1.165) is 16.0 Å². The molecule has 1 heterocycles. The monoisotopic (exact) mass is 296 g/mol. The van der Waals surface area contributed by atoms with Crippen molar-refractivity contribution in [3.05, 3.63) is 51.7 Å². The van der Waals surface area contributed by atoms with Gasteiger partial charge in [-0.2, -0.15) is 0 Å². The first-order valence-corrected chi connectivity index (χ1v) is 8.50. The molecule has 1 atom stereocenters. The van der Waals surface area contributed by atoms with Gasteiger partial charge in [0.2, 0.25) is 0 Å². The minimum Gasteiger partial charge on any atom is -0.271 e. The molecule has 0 amide bonds. The average Bonchev–Trinajstić information content (AvgIpc) is 2.76. The fourth-order valence-electron chi connectivity index (χ4n) is 1.98. The SMILES string of the molecule is Cc1sccc1C(NN)c1cccc(S(C)(=O)=O)c1. The quantitative estimate of drug-likeness (QED) is 0.669. The van der Waals surface area contributed by atoms with Crippen LogP contribution >= 0.6 is 11.3 Å². The van der Waals surface area contributed by atoms with E-state index in [2.05, 4.69) is 5.43 Å². The van der Waals surface area contributed by atoms with Crippen LogP contribution in [0.4, 0.5) is 0 Å². The number of sulfone groups is 1. The summed E-state index contributed by atoms with van der Waals surface area (Å²) < 4.78 is 23.2. The molecule has 1 unspecified atom stereocenters. The molecule has 0 radical (unpaired) electrons. The molecule has 0 fully saturated rings. The maximum atomic E-state index is 11.6. The van der Waals surface area contributed by atoms with Crippen molar-refractivity contribution in [1.29, 1.82) is 0 Å². The average molecular weight is 296 g/mol. The van der Waals surface area contributed by atoms with Crippen LogP contribution in [0.15, 0.2) is 40.6 Å². The van der Waals surface area contributed by atoms with Gasteiger partial charge in [-0.1, -0.05) is 12.1 Å². The van der Waals surface area contributed by atoms with Crippen molar-refractivity contribution in [2.45, 2.75) is 17.9 Å². The lowest BCUT2D eigenvalue weighted by atomic mass is 10.0. The molecule has 2 aromatic rings. The van der Waals surface area contributed by atoms with Gasteiger partial charge in [-0.15, -0.1) is 11.3 Å². The van der Waals surface area contributed by atoms with Crippen molar-refractivity contribution in [1.82, 2.24) is 5.43 Å². The summed E-state index contributed by atoms with van der Waals surface area (Å²) >= 11 is 1.64. The van der Waals surface area contributed by atoms with Gasteiger partial charge in [0.05, 0.1) is 10.9 Å². The van der Waals surface area contributed by atoms with Gasteiger partial charge in [0.25, 0.3) is 0 Å². The molecule has 0 aliphatic rings. The molecule has 3 N–H and O–H groups in total. The van der Waals surface area contributed by atoms with Crippen molar-refractivity contribution in [3.8, 4) is 0 Å². The van der Waals surface area contributed by atoms with Gasteiger partial charge >= 0.3 is 0 Å². The van der Waals surface area contributed by atoms with E-state index < -0.39 is 9.84 Å². The summed E-state index contributed by atoms with van der Waals surface area (Å²) in [5, 5.41) is 2.00. The Hall–Kier alpha value is -1.21. The van der Waals surface area contributed by atoms with E-state index in [9.17, 15) is 8.42 Å². The van der Waals surface area contributed by atoms with Gasteiger partial charge < -0.3 is 0 Å². The number of nitrogens with two attached hydrogens (primary N) is 1. The Morgan fingerprint density at radius 1 is 1.32 bits per heavy atom. The van der Waals surface area contributed by atoms with Crippen molar-refractivity contribution in [3.63, 3.8) is 0 Å². The summed E-state index contributed by atoms with van der Waals surface area (Å²) in [6.07, 6.45) is 1.20. The van der Waals surface area contributed by atoms with Crippen molar-refractivity contribution < 1.29 is 8.42 Å². The summed E-state index contributed by atoms with van der Waals surface area (Å²) in [5.74, 6) is 5.63. The normalized spacial score (nSPS) is 13.4. The molecule has 0 saturated carbocycles. The lowest BCUT2D eigenvalue weighted by Crippen LogP contribution is -2.29. The van der Waals surface area contributed by atoms with Crippen LogP contribution in [-0.2, 0) is 9.84 Å². The minimum absolute atomic E-state index is 0.201. The topological polar surface area (TPSA) is 72.2 Å². The summed E-state index contributed by atoms with van der Waals surface area (Å²) in [4.78, 5) is 1.46. The molecule has 2 rings (SSSR count). The van der Waals surface area contributed by atoms with Crippen molar-refractivity contribution in [2.75, 3.05) is 6.26 Å². The Balaban J connectivity index is 2.48. The highest BCUT2D eigenvalue weighted by atomic mass is 32.2. The van der Waals surface area contributed by atoms with Crippen LogP contribution in [0.1, 0.15) is 22.0 Å². The third-order valence-electron chi connectivity index (χ3n) is 3.00. The second-order valence-corrected chi connectivity index (χ2v) is 7.51. The highest BCUT2D eigenvalue weighted by Crippen LogP contribution is 2.28. The van der Waals surface area contributed by atoms with Gasteiger partial charge in [0.1, 0.15) is 0 Å². The maximum absolute atomic E-state index is 11.6. The number of hydrogen-bond donors (Lipinski definition) is 2. The largest absolute Gasteiger partial charge is 0.271 e. The molecule has 0 bridgehead atoms. The molecule has 1 aromatic carbocycles. The first-order valence-electron chi connectivity index (χ1n) is 5.73. The number of rotatable bonds is 4. The summed E-state index contributed by atoms with van der Waals surface area (Å²) in [5.41, 5.74) is 4.66. The number of nitrogens with one attached hydrogen (secondary N) is 1. The van der Waals surface area contributed by atoms with Crippen LogP contribution in [-0.4, -0.2) is 14.7 Å². The predicted molar refractivity (Wildman–Crippen MR) is 77.8 cm³/mol. The van der Waals surface area contributed by atoms with Crippen LogP contribution in [0.25, 0.3) is 0 Å². The summed E-state index contributed by atoms with van der Waals surface area (Å²) in [6.45, 7) is 2.02. The Bertz CT molecular complexity index is 677. The standard InChI is InChI=1S/C13H16N2O2S2/c1-9-12(6-7-18-9)13(15-14)10-4-3-5-11(8-10)19(2,16)17/h3-8,13,15H,14H2,1-2H3. The predicted octanol–water partition coefficient (Wildman–Crippen LogP) is 2.01. The smallest absolute Gasteiger partial charge is 0.175 e. The molecular weight excluding hydrogens is 280 g/mol. The van der Waals surface area contributed by atoms with Crippen LogP contribution < -0.4 is 11.3 Å². The zero-order valence-electron chi connectivity index (χ0n) is 10.8. The molecule has 0 saturated heterocycles. The minimum atomic E-state index is -3.21. The van der Waals surface area contributed by atoms with E-state index in [0.29, 0.717) is 4.90 Å². The Kier molecular flexibility index (Phi) is 4.05. The number of hydrogen-bond acceptors (Lipinski definition) is 5. The van der Waals surface area contributed by atoms with Crippen molar-refractivity contribution in [2.24, 2.45) is 5.84 Å². The fourth-order valence-corrected chi connectivity index (χ4v) is 3.40. The van der Waals surface area contributed by atoms with Crippen molar-refractivity contribution >= 4 is 21.2 Å². The highest BCUT2D eigenvalue weighted by Gasteiger charge is 2.17. The third kappa shape index (κ3) is 3.03. The molecule has 0 aliphatic heterocycles. The Morgan fingerprint density at radius 3 is 2.58 bits per heavy atom. The number of benzene rings is 1. The molecule has 1 aromatic heterocycles. The van der Waals surface area contributed by atoms with E-state index >= 15 is 0 Å². The zero-order chi connectivity index (χ0) is 14.0. The van der Waals surface area contributed by atoms with Crippen LogP contribution in [0.2, 0.25) is 0 Å². The molecule has 19 heavy (non-hydrogen) atoms. The first-order chi connectivity index (χ1) is 8.93. The van der Waals surface area contributed by atoms with Crippen LogP contribution in [0.5, 0.6) is 0 Å². The number of hydrazine groups is 1. The van der Waals surface area contributed by atoms with E-state index in [1.165, 1.54) is 6.26 Å². The van der Waals surface area contributed by atoms with Gasteiger partial charge in [0, 0.05) is 11.1 Å². The maximum Gasteiger partial charge on any atom is 0.175 e. The summed E-state index contributed by atoms with van der Waals surface area (Å²) in [6, 6.07) is 8.66. The first kappa shape index (κ1) is 14.2. The lowest BCUT2D eigenvalue weighted by molar-refractivity contribution is 0.600. The van der Waals surface area contributed by atoms with Gasteiger partial charge in [-0.05, 0) is 41.6 Å². The highest BCUT2D eigenvalue weighted by molar-refractivity contribution is 7.90. The molecule has 0 spiro atoms. The van der Waals surface area contributed by atoms with Crippen LogP contribution in [0.3, 0.4) is 0 Å². The van der Waals surface area contributed by atoms with Gasteiger partial charge in [0.15, 0.2) is 9.84 Å². The third-order valence-corrected chi connectivity index (χ3v) is 4.97. The molecule has 4 nitrogen and oxygen atoms in total. The summed E-state index contributed by atoms with van der Waals surface area (Å²) in [7, 11) is -3.21. The van der Waals surface area contributed by atoms with E-state index in [4.69, 9.17) is 5.84 Å². The molecule has 102 valence electrons. The second-order valence-electron chi connectivity index (χ2n) is 4.38. The molecule has 6 heteroatoms. The van der Waals surface area contributed by atoms with Gasteiger partial charge in [-0.3, -0.25) is 5.84 Å². The van der Waals surface area contributed by atoms with E-state index in [1.54, 1.807) is 29.5 Å². The van der Waals surface area contributed by atoms with E-state index in [1.807, 2.05) is 24.4 Å². The number of aryl methyl sites for hydroxylation is 1. The molecule has 0 aliphatic carbocycles. The zero-order valence-corrected chi connectivity index (χ0v) is 12.4. The Morgan fingerprint density at radius 2 is 2.05 bits per heavy atom. The lowest BCUT2D eigenvalue weighted by Gasteiger charge is -2.17. The van der Waals surface area contributed by atoms with Gasteiger partial charge in [-0.25, -0.2) is 13.8 Å². The Labute approximate surface area is 117 Å². The number of thiophene rings is 1. The van der Waals surface area contributed by atoms with Crippen LogP contribution in [0, 0.1) is 6.92 Å². The fraction of sp³-hybridized carbons (Fsp3) is 0.231. The second kappa shape index (κ2) is 5.42. The van der Waals surface area contributed by atoms with E-state index in [-0.39, 0.29) is 6.04 Å². The molecular formula is C13H16N2O2S2.